The van der Waals surface area contributed by atoms with E-state index in [1.165, 1.54) is 4.31 Å². The third-order valence-electron chi connectivity index (χ3n) is 4.55. The van der Waals surface area contributed by atoms with Crippen molar-refractivity contribution in [1.82, 2.24) is 19.4 Å². The van der Waals surface area contributed by atoms with Crippen LogP contribution >= 0.6 is 0 Å². The van der Waals surface area contributed by atoms with Gasteiger partial charge in [0.2, 0.25) is 15.9 Å². The van der Waals surface area contributed by atoms with E-state index in [1.54, 1.807) is 30.5 Å². The minimum atomic E-state index is -3.46. The molecule has 0 spiro atoms. The summed E-state index contributed by atoms with van der Waals surface area (Å²) in [6.07, 6.45) is 1.55. The first-order valence-electron chi connectivity index (χ1n) is 8.68. The molecule has 142 valence electrons. The fraction of sp³-hybridized carbons (Fsp3) is 0.333. The number of hydrogen-bond donors (Lipinski definition) is 0. The van der Waals surface area contributed by atoms with Crippen LogP contribution in [0.15, 0.2) is 56.4 Å². The van der Waals surface area contributed by atoms with Crippen LogP contribution in [-0.4, -0.2) is 54.0 Å². The number of aromatic nitrogens is 2. The second-order valence-corrected chi connectivity index (χ2v) is 8.41. The molecule has 0 N–H and O–H groups in total. The summed E-state index contributed by atoms with van der Waals surface area (Å²) in [5.41, 5.74) is 1.03. The van der Waals surface area contributed by atoms with Gasteiger partial charge in [0, 0.05) is 26.2 Å². The molecular weight excluding hydrogens is 368 g/mol. The summed E-state index contributed by atoms with van der Waals surface area (Å²) in [7, 11) is -3.46. The number of rotatable bonds is 5. The first kappa shape index (κ1) is 17.9. The summed E-state index contributed by atoms with van der Waals surface area (Å²) in [6.45, 7) is 4.47. The molecule has 1 saturated heterocycles. The predicted molar refractivity (Wildman–Crippen MR) is 97.2 cm³/mol. The molecule has 1 fully saturated rings. The van der Waals surface area contributed by atoms with Crippen molar-refractivity contribution < 1.29 is 17.3 Å². The Kier molecular flexibility index (Phi) is 4.81. The monoisotopic (exact) mass is 388 g/mol. The molecule has 0 unspecified atom stereocenters. The Morgan fingerprint density at radius 3 is 2.44 bits per heavy atom. The molecule has 0 bridgehead atoms. The van der Waals surface area contributed by atoms with E-state index in [0.717, 1.165) is 5.56 Å². The van der Waals surface area contributed by atoms with Crippen LogP contribution in [0.5, 0.6) is 0 Å². The Bertz CT molecular complexity index is 988. The number of hydrogen-bond acceptors (Lipinski definition) is 7. The zero-order valence-corrected chi connectivity index (χ0v) is 15.7. The molecule has 1 aliphatic rings. The average molecular weight is 388 g/mol. The fourth-order valence-corrected chi connectivity index (χ4v) is 4.42. The predicted octanol–water partition coefficient (Wildman–Crippen LogP) is 2.14. The fourth-order valence-electron chi connectivity index (χ4n) is 3.00. The second kappa shape index (κ2) is 7.26. The standard InChI is InChI=1S/C18H20N4O4S/c1-14-4-6-15(7-5-14)27(23,24)22-10-8-21(9-11-22)13-17-19-20-18(26-17)16-3-2-12-25-16/h2-7,12H,8-11,13H2,1H3. The molecule has 3 heterocycles. The minimum Gasteiger partial charge on any atom is -0.459 e. The van der Waals surface area contributed by atoms with Gasteiger partial charge in [-0.15, -0.1) is 10.2 Å². The molecule has 4 rings (SSSR count). The van der Waals surface area contributed by atoms with Crippen LogP contribution < -0.4 is 0 Å². The maximum atomic E-state index is 12.8. The highest BCUT2D eigenvalue weighted by atomic mass is 32.2. The van der Waals surface area contributed by atoms with Gasteiger partial charge in [0.15, 0.2) is 5.76 Å². The third-order valence-corrected chi connectivity index (χ3v) is 6.46. The number of nitrogens with zero attached hydrogens (tertiary/aromatic N) is 4. The van der Waals surface area contributed by atoms with Crippen molar-refractivity contribution in [3.63, 3.8) is 0 Å². The first-order valence-corrected chi connectivity index (χ1v) is 10.1. The highest BCUT2D eigenvalue weighted by molar-refractivity contribution is 7.89. The highest BCUT2D eigenvalue weighted by Gasteiger charge is 2.29. The Morgan fingerprint density at radius 1 is 1.04 bits per heavy atom. The molecule has 0 aliphatic carbocycles. The Balaban J connectivity index is 1.37. The van der Waals surface area contributed by atoms with Crippen molar-refractivity contribution in [2.45, 2.75) is 18.4 Å². The second-order valence-electron chi connectivity index (χ2n) is 6.47. The maximum absolute atomic E-state index is 12.8. The van der Waals surface area contributed by atoms with E-state index >= 15 is 0 Å². The number of furan rings is 1. The molecule has 0 amide bonds. The van der Waals surface area contributed by atoms with E-state index in [-0.39, 0.29) is 0 Å². The quantitative estimate of drug-likeness (QED) is 0.661. The van der Waals surface area contributed by atoms with Crippen molar-refractivity contribution in [2.24, 2.45) is 0 Å². The van der Waals surface area contributed by atoms with Crippen LogP contribution in [0.3, 0.4) is 0 Å². The highest BCUT2D eigenvalue weighted by Crippen LogP contribution is 2.21. The molecule has 0 atom stereocenters. The van der Waals surface area contributed by atoms with E-state index in [9.17, 15) is 8.42 Å². The van der Waals surface area contributed by atoms with Crippen molar-refractivity contribution in [3.8, 4) is 11.7 Å². The number of aryl methyl sites for hydroxylation is 1. The molecule has 3 aromatic rings. The molecule has 0 radical (unpaired) electrons. The van der Waals surface area contributed by atoms with Gasteiger partial charge in [-0.2, -0.15) is 4.31 Å². The third kappa shape index (κ3) is 3.80. The van der Waals surface area contributed by atoms with Crippen LogP contribution in [0, 0.1) is 6.92 Å². The molecule has 8 nitrogen and oxygen atoms in total. The van der Waals surface area contributed by atoms with Crippen molar-refractivity contribution in [3.05, 3.63) is 54.1 Å². The lowest BCUT2D eigenvalue weighted by molar-refractivity contribution is 0.168. The maximum Gasteiger partial charge on any atom is 0.283 e. The molecule has 1 aromatic carbocycles. The van der Waals surface area contributed by atoms with E-state index in [1.807, 2.05) is 19.1 Å². The van der Waals surface area contributed by atoms with Gasteiger partial charge in [0.25, 0.3) is 5.89 Å². The Hall–Kier alpha value is -2.49. The Labute approximate surface area is 157 Å². The van der Waals surface area contributed by atoms with Gasteiger partial charge < -0.3 is 8.83 Å². The van der Waals surface area contributed by atoms with E-state index < -0.39 is 10.0 Å². The molecule has 1 aliphatic heterocycles. The molecule has 27 heavy (non-hydrogen) atoms. The lowest BCUT2D eigenvalue weighted by atomic mass is 10.2. The smallest absolute Gasteiger partial charge is 0.283 e. The lowest BCUT2D eigenvalue weighted by Crippen LogP contribution is -2.48. The van der Waals surface area contributed by atoms with Gasteiger partial charge in [-0.05, 0) is 31.2 Å². The zero-order chi connectivity index (χ0) is 18.9. The summed E-state index contributed by atoms with van der Waals surface area (Å²) < 4.78 is 37.9. The minimum absolute atomic E-state index is 0.335. The normalized spacial score (nSPS) is 16.6. The van der Waals surface area contributed by atoms with Crippen molar-refractivity contribution in [1.29, 1.82) is 0 Å². The zero-order valence-electron chi connectivity index (χ0n) is 14.9. The number of benzene rings is 1. The van der Waals surface area contributed by atoms with Gasteiger partial charge in [-0.25, -0.2) is 8.42 Å². The topological polar surface area (TPSA) is 92.7 Å². The van der Waals surface area contributed by atoms with Crippen LogP contribution in [0.25, 0.3) is 11.7 Å². The van der Waals surface area contributed by atoms with E-state index in [4.69, 9.17) is 8.83 Å². The molecule has 9 heteroatoms. The first-order chi connectivity index (χ1) is 13.0. The van der Waals surface area contributed by atoms with E-state index in [2.05, 4.69) is 15.1 Å². The van der Waals surface area contributed by atoms with Gasteiger partial charge in [0.05, 0.1) is 17.7 Å². The summed E-state index contributed by atoms with van der Waals surface area (Å²) in [5.74, 6) is 1.36. The Morgan fingerprint density at radius 2 is 1.78 bits per heavy atom. The summed E-state index contributed by atoms with van der Waals surface area (Å²) in [6, 6.07) is 10.5. The van der Waals surface area contributed by atoms with Crippen molar-refractivity contribution >= 4 is 10.0 Å². The van der Waals surface area contributed by atoms with Crippen molar-refractivity contribution in [2.75, 3.05) is 26.2 Å². The summed E-state index contributed by atoms with van der Waals surface area (Å²) in [4.78, 5) is 2.43. The molecule has 2 aromatic heterocycles. The lowest BCUT2D eigenvalue weighted by Gasteiger charge is -2.33. The van der Waals surface area contributed by atoms with Gasteiger partial charge in [-0.3, -0.25) is 4.90 Å². The SMILES string of the molecule is Cc1ccc(S(=O)(=O)N2CCN(Cc3nnc(-c4ccco4)o3)CC2)cc1. The van der Waals surface area contributed by atoms with Gasteiger partial charge >= 0.3 is 0 Å². The number of sulfonamides is 1. The largest absolute Gasteiger partial charge is 0.459 e. The van der Waals surface area contributed by atoms with Gasteiger partial charge in [0.1, 0.15) is 0 Å². The van der Waals surface area contributed by atoms with Crippen LogP contribution in [-0.2, 0) is 16.6 Å². The molecule has 0 saturated carbocycles. The molecular formula is C18H20N4O4S. The summed E-state index contributed by atoms with van der Waals surface area (Å²) >= 11 is 0. The van der Waals surface area contributed by atoms with E-state index in [0.29, 0.717) is 55.2 Å². The average Bonchev–Trinajstić information content (AvgIpc) is 3.34. The van der Waals surface area contributed by atoms with Crippen LogP contribution in [0.2, 0.25) is 0 Å². The summed E-state index contributed by atoms with van der Waals surface area (Å²) in [5, 5.41) is 8.02. The van der Waals surface area contributed by atoms with Crippen LogP contribution in [0.4, 0.5) is 0 Å². The van der Waals surface area contributed by atoms with Gasteiger partial charge in [-0.1, -0.05) is 17.7 Å². The van der Waals surface area contributed by atoms with Crippen LogP contribution in [0.1, 0.15) is 11.5 Å². The number of piperazine rings is 1.